The highest BCUT2D eigenvalue weighted by atomic mass is 15.6. The molecule has 0 unspecified atom stereocenters. The Morgan fingerprint density at radius 2 is 1.94 bits per heavy atom. The first-order chi connectivity index (χ1) is 8.92. The number of aromatic nitrogens is 5. The summed E-state index contributed by atoms with van der Waals surface area (Å²) in [4.78, 5) is 0. The van der Waals surface area contributed by atoms with E-state index in [0.29, 0.717) is 5.65 Å². The minimum Gasteiger partial charge on any atom is -0.368 e. The molecule has 2 heterocycles. The summed E-state index contributed by atoms with van der Waals surface area (Å²) in [6.45, 7) is 0.824. The molecule has 0 spiro atoms. The molecule has 0 aliphatic rings. The zero-order valence-corrected chi connectivity index (χ0v) is 9.69. The van der Waals surface area contributed by atoms with Crippen LogP contribution in [0.4, 0.5) is 5.82 Å². The molecule has 0 radical (unpaired) electrons. The van der Waals surface area contributed by atoms with Crippen molar-refractivity contribution >= 4 is 11.5 Å². The number of hydrogen-bond acceptors (Lipinski definition) is 5. The Kier molecular flexibility index (Phi) is 2.83. The van der Waals surface area contributed by atoms with Crippen LogP contribution >= 0.6 is 0 Å². The highest BCUT2D eigenvalue weighted by molar-refractivity contribution is 5.42. The average Bonchev–Trinajstić information content (AvgIpc) is 2.87. The highest BCUT2D eigenvalue weighted by Crippen LogP contribution is 2.04. The van der Waals surface area contributed by atoms with Gasteiger partial charge < -0.3 is 5.32 Å². The SMILES string of the molecule is c1ccc(CCNc2ccc3nnnn3n2)cc1. The third-order valence-corrected chi connectivity index (χ3v) is 2.63. The van der Waals surface area contributed by atoms with Gasteiger partial charge >= 0.3 is 0 Å². The van der Waals surface area contributed by atoms with Crippen molar-refractivity contribution in [2.45, 2.75) is 6.42 Å². The lowest BCUT2D eigenvalue weighted by Gasteiger charge is -2.04. The van der Waals surface area contributed by atoms with Gasteiger partial charge in [0, 0.05) is 6.54 Å². The molecule has 3 rings (SSSR count). The van der Waals surface area contributed by atoms with Crippen molar-refractivity contribution in [1.82, 2.24) is 25.3 Å². The molecule has 90 valence electrons. The minimum atomic E-state index is 0.642. The molecular formula is C12H12N6. The number of nitrogens with one attached hydrogen (secondary N) is 1. The van der Waals surface area contributed by atoms with Crippen LogP contribution in [0, 0.1) is 0 Å². The number of fused-ring (bicyclic) bond motifs is 1. The summed E-state index contributed by atoms with van der Waals surface area (Å²) in [5, 5.41) is 18.6. The minimum absolute atomic E-state index is 0.642. The van der Waals surface area contributed by atoms with Crippen molar-refractivity contribution in [3.05, 3.63) is 48.0 Å². The summed E-state index contributed by atoms with van der Waals surface area (Å²) in [5.74, 6) is 0.769. The Bertz CT molecular complexity index is 633. The van der Waals surface area contributed by atoms with Gasteiger partial charge in [0.15, 0.2) is 5.65 Å². The summed E-state index contributed by atoms with van der Waals surface area (Å²) < 4.78 is 1.41. The molecular weight excluding hydrogens is 228 g/mol. The monoisotopic (exact) mass is 240 g/mol. The number of nitrogens with zero attached hydrogens (tertiary/aromatic N) is 5. The summed E-state index contributed by atoms with van der Waals surface area (Å²) in [6.07, 6.45) is 0.955. The molecule has 0 saturated carbocycles. The van der Waals surface area contributed by atoms with Crippen LogP contribution < -0.4 is 5.32 Å². The maximum atomic E-state index is 4.24. The van der Waals surface area contributed by atoms with E-state index in [4.69, 9.17) is 0 Å². The molecule has 0 bridgehead atoms. The lowest BCUT2D eigenvalue weighted by Crippen LogP contribution is -2.08. The van der Waals surface area contributed by atoms with Gasteiger partial charge in [0.25, 0.3) is 0 Å². The molecule has 1 N–H and O–H groups in total. The predicted octanol–water partition coefficient (Wildman–Crippen LogP) is 1.17. The first-order valence-corrected chi connectivity index (χ1v) is 5.75. The molecule has 2 aromatic heterocycles. The van der Waals surface area contributed by atoms with Gasteiger partial charge in [0.1, 0.15) is 5.82 Å². The van der Waals surface area contributed by atoms with Gasteiger partial charge in [0.05, 0.1) is 0 Å². The molecule has 0 fully saturated rings. The van der Waals surface area contributed by atoms with E-state index >= 15 is 0 Å². The lowest BCUT2D eigenvalue weighted by atomic mass is 10.1. The molecule has 0 aliphatic carbocycles. The molecule has 6 heteroatoms. The van der Waals surface area contributed by atoms with Gasteiger partial charge in [-0.25, -0.2) is 0 Å². The second-order valence-corrected chi connectivity index (χ2v) is 3.91. The highest BCUT2D eigenvalue weighted by Gasteiger charge is 1.99. The van der Waals surface area contributed by atoms with Gasteiger partial charge in [-0.2, -0.15) is 0 Å². The van der Waals surface area contributed by atoms with E-state index in [-0.39, 0.29) is 0 Å². The summed E-state index contributed by atoms with van der Waals surface area (Å²) >= 11 is 0. The first kappa shape index (κ1) is 10.6. The number of benzene rings is 1. The summed E-state index contributed by atoms with van der Waals surface area (Å²) in [5.41, 5.74) is 1.94. The van der Waals surface area contributed by atoms with Crippen molar-refractivity contribution < 1.29 is 0 Å². The average molecular weight is 240 g/mol. The van der Waals surface area contributed by atoms with E-state index in [1.54, 1.807) is 0 Å². The Morgan fingerprint density at radius 1 is 1.06 bits per heavy atom. The fourth-order valence-electron chi connectivity index (χ4n) is 1.72. The predicted molar refractivity (Wildman–Crippen MR) is 67.2 cm³/mol. The topological polar surface area (TPSA) is 68.0 Å². The van der Waals surface area contributed by atoms with E-state index in [9.17, 15) is 0 Å². The number of rotatable bonds is 4. The number of anilines is 1. The van der Waals surface area contributed by atoms with Crippen molar-refractivity contribution in [2.24, 2.45) is 0 Å². The van der Waals surface area contributed by atoms with Gasteiger partial charge in [-0.1, -0.05) is 30.3 Å². The molecule has 18 heavy (non-hydrogen) atoms. The third kappa shape index (κ3) is 2.27. The van der Waals surface area contributed by atoms with Crippen molar-refractivity contribution in [2.75, 3.05) is 11.9 Å². The lowest BCUT2D eigenvalue weighted by molar-refractivity contribution is 0.733. The van der Waals surface area contributed by atoms with E-state index in [1.165, 1.54) is 10.2 Å². The van der Waals surface area contributed by atoms with Gasteiger partial charge in [-0.05, 0) is 34.5 Å². The first-order valence-electron chi connectivity index (χ1n) is 5.75. The van der Waals surface area contributed by atoms with Crippen LogP contribution in [0.1, 0.15) is 5.56 Å². The fourth-order valence-corrected chi connectivity index (χ4v) is 1.72. The van der Waals surface area contributed by atoms with Gasteiger partial charge in [-0.3, -0.25) is 0 Å². The Labute approximate surface area is 104 Å². The fraction of sp³-hybridized carbons (Fsp3) is 0.167. The summed E-state index contributed by atoms with van der Waals surface area (Å²) in [7, 11) is 0. The van der Waals surface area contributed by atoms with Crippen LogP contribution in [-0.2, 0) is 6.42 Å². The molecule has 0 saturated heterocycles. The van der Waals surface area contributed by atoms with E-state index < -0.39 is 0 Å². The standard InChI is InChI=1S/C12H12N6/c1-2-4-10(5-3-1)8-9-13-11-6-7-12-14-16-17-18(12)15-11/h1-7H,8-9H2,(H,13,15). The van der Waals surface area contributed by atoms with Gasteiger partial charge in [0.2, 0.25) is 0 Å². The zero-order chi connectivity index (χ0) is 12.2. The van der Waals surface area contributed by atoms with Crippen LogP contribution in [-0.4, -0.2) is 31.8 Å². The molecule has 0 aliphatic heterocycles. The molecule has 3 aromatic rings. The van der Waals surface area contributed by atoms with Gasteiger partial charge in [-0.15, -0.1) is 14.8 Å². The van der Waals surface area contributed by atoms with Crippen LogP contribution in [0.5, 0.6) is 0 Å². The number of tetrazole rings is 1. The second-order valence-electron chi connectivity index (χ2n) is 3.91. The molecule has 6 nitrogen and oxygen atoms in total. The van der Waals surface area contributed by atoms with E-state index in [0.717, 1.165) is 18.8 Å². The van der Waals surface area contributed by atoms with Crippen LogP contribution in [0.3, 0.4) is 0 Å². The molecule has 0 amide bonds. The summed E-state index contributed by atoms with van der Waals surface area (Å²) in [6, 6.07) is 14.0. The normalized spacial score (nSPS) is 10.7. The maximum Gasteiger partial charge on any atom is 0.200 e. The van der Waals surface area contributed by atoms with E-state index in [2.05, 4.69) is 38.1 Å². The largest absolute Gasteiger partial charge is 0.368 e. The molecule has 0 atom stereocenters. The Hall–Kier alpha value is -2.50. The van der Waals surface area contributed by atoms with Crippen LogP contribution in [0.25, 0.3) is 5.65 Å². The second kappa shape index (κ2) is 4.79. The quantitative estimate of drug-likeness (QED) is 0.741. The van der Waals surface area contributed by atoms with Crippen molar-refractivity contribution in [1.29, 1.82) is 0 Å². The maximum absolute atomic E-state index is 4.24. The smallest absolute Gasteiger partial charge is 0.200 e. The molecule has 1 aromatic carbocycles. The van der Waals surface area contributed by atoms with Crippen LogP contribution in [0.15, 0.2) is 42.5 Å². The van der Waals surface area contributed by atoms with Crippen molar-refractivity contribution in [3.8, 4) is 0 Å². The Morgan fingerprint density at radius 3 is 2.83 bits per heavy atom. The third-order valence-electron chi connectivity index (χ3n) is 2.63. The zero-order valence-electron chi connectivity index (χ0n) is 9.69. The number of hydrogen-bond donors (Lipinski definition) is 1. The van der Waals surface area contributed by atoms with Crippen molar-refractivity contribution in [3.63, 3.8) is 0 Å². The van der Waals surface area contributed by atoms with Crippen LogP contribution in [0.2, 0.25) is 0 Å². The Balaban J connectivity index is 1.62. The van der Waals surface area contributed by atoms with E-state index in [1.807, 2.05) is 30.3 Å².